The van der Waals surface area contributed by atoms with Crippen LogP contribution >= 0.6 is 11.8 Å². The number of amides is 1. The van der Waals surface area contributed by atoms with Crippen LogP contribution in [0.15, 0.2) is 58.5 Å². The highest BCUT2D eigenvalue weighted by Gasteiger charge is 2.18. The van der Waals surface area contributed by atoms with Gasteiger partial charge in [-0.2, -0.15) is 5.26 Å². The van der Waals surface area contributed by atoms with E-state index in [0.717, 1.165) is 5.75 Å². The van der Waals surface area contributed by atoms with Gasteiger partial charge >= 0.3 is 0 Å². The molecule has 0 N–H and O–H groups in total. The minimum Gasteiger partial charge on any atom is -0.494 e. The van der Waals surface area contributed by atoms with E-state index in [9.17, 15) is 9.59 Å². The van der Waals surface area contributed by atoms with Crippen molar-refractivity contribution in [2.75, 3.05) is 23.8 Å². The molecule has 0 saturated carbocycles. The molecule has 1 heterocycles. The van der Waals surface area contributed by atoms with Crippen molar-refractivity contribution in [3.05, 3.63) is 58.9 Å². The molecule has 160 valence electrons. The zero-order valence-electron chi connectivity index (χ0n) is 17.6. The standard InChI is InChI=1S/C23H24N4O3S/c1-3-26-22(29)19-8-5-6-9-20(19)25-23(26)31-16-21(28)27(15-7-14-24)17-10-12-18(13-11-17)30-4-2/h5-6,8-13H,3-4,7,15-16H2,1-2H3. The van der Waals surface area contributed by atoms with Crippen molar-refractivity contribution in [2.45, 2.75) is 32.0 Å². The number of hydrogen-bond donors (Lipinski definition) is 0. The molecular weight excluding hydrogens is 412 g/mol. The fourth-order valence-electron chi connectivity index (χ4n) is 3.19. The fourth-order valence-corrected chi connectivity index (χ4v) is 4.13. The lowest BCUT2D eigenvalue weighted by Crippen LogP contribution is -2.33. The second kappa shape index (κ2) is 10.6. The molecule has 1 aromatic heterocycles. The summed E-state index contributed by atoms with van der Waals surface area (Å²) in [7, 11) is 0. The van der Waals surface area contributed by atoms with Gasteiger partial charge in [0.1, 0.15) is 5.75 Å². The minimum atomic E-state index is -0.158. The van der Waals surface area contributed by atoms with Crippen LogP contribution in [0, 0.1) is 11.3 Å². The van der Waals surface area contributed by atoms with Crippen molar-refractivity contribution >= 4 is 34.3 Å². The fraction of sp³-hybridized carbons (Fsp3) is 0.304. The lowest BCUT2D eigenvalue weighted by Gasteiger charge is -2.22. The topological polar surface area (TPSA) is 88.2 Å². The number of benzene rings is 2. The number of fused-ring (bicyclic) bond motifs is 1. The first-order chi connectivity index (χ1) is 15.1. The summed E-state index contributed by atoms with van der Waals surface area (Å²) in [5, 5.41) is 10.1. The van der Waals surface area contributed by atoms with Crippen LogP contribution in [0.1, 0.15) is 20.3 Å². The third kappa shape index (κ3) is 5.25. The van der Waals surface area contributed by atoms with Gasteiger partial charge in [0.25, 0.3) is 5.56 Å². The highest BCUT2D eigenvalue weighted by Crippen LogP contribution is 2.23. The summed E-state index contributed by atoms with van der Waals surface area (Å²) in [5.74, 6) is 0.666. The second-order valence-electron chi connectivity index (χ2n) is 6.63. The molecule has 0 aliphatic heterocycles. The first-order valence-corrected chi connectivity index (χ1v) is 11.1. The molecule has 0 saturated heterocycles. The number of carbonyl (C=O) groups is 1. The predicted octanol–water partition coefficient (Wildman–Crippen LogP) is 3.85. The van der Waals surface area contributed by atoms with Crippen LogP contribution in [0.25, 0.3) is 10.9 Å². The molecule has 0 fully saturated rings. The molecule has 0 atom stereocenters. The highest BCUT2D eigenvalue weighted by molar-refractivity contribution is 7.99. The summed E-state index contributed by atoms with van der Waals surface area (Å²) in [6, 6.07) is 16.5. The Hall–Kier alpha value is -3.31. The Balaban J connectivity index is 1.82. The zero-order chi connectivity index (χ0) is 22.2. The maximum absolute atomic E-state index is 13.0. The number of nitriles is 1. The summed E-state index contributed by atoms with van der Waals surface area (Å²) in [6.45, 7) is 5.10. The Morgan fingerprint density at radius 3 is 2.61 bits per heavy atom. The van der Waals surface area contributed by atoms with Crippen LogP contribution in [0.5, 0.6) is 5.75 Å². The largest absolute Gasteiger partial charge is 0.494 e. The summed E-state index contributed by atoms with van der Waals surface area (Å²) < 4.78 is 7.04. The van der Waals surface area contributed by atoms with Gasteiger partial charge in [0, 0.05) is 18.8 Å². The molecule has 1 amide bonds. The second-order valence-corrected chi connectivity index (χ2v) is 7.57. The molecular formula is C23H24N4O3S. The lowest BCUT2D eigenvalue weighted by molar-refractivity contribution is -0.116. The number of hydrogen-bond acceptors (Lipinski definition) is 6. The van der Waals surface area contributed by atoms with Crippen molar-refractivity contribution in [2.24, 2.45) is 0 Å². The van der Waals surface area contributed by atoms with Gasteiger partial charge in [-0.25, -0.2) is 4.98 Å². The summed E-state index contributed by atoms with van der Waals surface area (Å²) in [6.07, 6.45) is 0.220. The van der Waals surface area contributed by atoms with Gasteiger partial charge < -0.3 is 9.64 Å². The van der Waals surface area contributed by atoms with E-state index < -0.39 is 0 Å². The maximum Gasteiger partial charge on any atom is 0.262 e. The number of anilines is 1. The van der Waals surface area contributed by atoms with Crippen molar-refractivity contribution in [3.63, 3.8) is 0 Å². The third-order valence-corrected chi connectivity index (χ3v) is 5.64. The van der Waals surface area contributed by atoms with Crippen molar-refractivity contribution in [3.8, 4) is 11.8 Å². The zero-order valence-corrected chi connectivity index (χ0v) is 18.4. The van der Waals surface area contributed by atoms with Gasteiger partial charge in [0.05, 0.1) is 35.8 Å². The molecule has 7 nitrogen and oxygen atoms in total. The Morgan fingerprint density at radius 1 is 1.19 bits per heavy atom. The van der Waals surface area contributed by atoms with E-state index in [0.29, 0.717) is 34.9 Å². The highest BCUT2D eigenvalue weighted by atomic mass is 32.2. The van der Waals surface area contributed by atoms with Crippen LogP contribution < -0.4 is 15.2 Å². The monoisotopic (exact) mass is 436 g/mol. The summed E-state index contributed by atoms with van der Waals surface area (Å²) in [4.78, 5) is 32.0. The number of rotatable bonds is 9. The molecule has 3 rings (SSSR count). The average molecular weight is 437 g/mol. The Labute approximate surface area is 185 Å². The normalized spacial score (nSPS) is 10.6. The molecule has 3 aromatic rings. The molecule has 0 bridgehead atoms. The lowest BCUT2D eigenvalue weighted by atomic mass is 10.2. The van der Waals surface area contributed by atoms with Crippen LogP contribution in [-0.2, 0) is 11.3 Å². The molecule has 0 aliphatic carbocycles. The van der Waals surface area contributed by atoms with E-state index >= 15 is 0 Å². The Kier molecular flexibility index (Phi) is 7.68. The molecule has 8 heteroatoms. The number of aromatic nitrogens is 2. The van der Waals surface area contributed by atoms with E-state index in [1.54, 1.807) is 45.9 Å². The minimum absolute atomic E-state index is 0.101. The van der Waals surface area contributed by atoms with E-state index in [-0.39, 0.29) is 30.2 Å². The van der Waals surface area contributed by atoms with Crippen LogP contribution in [0.3, 0.4) is 0 Å². The van der Waals surface area contributed by atoms with Crippen LogP contribution in [0.4, 0.5) is 5.69 Å². The maximum atomic E-state index is 13.0. The van der Waals surface area contributed by atoms with E-state index in [2.05, 4.69) is 11.1 Å². The van der Waals surface area contributed by atoms with Gasteiger partial charge in [-0.05, 0) is 50.2 Å². The number of thioether (sulfide) groups is 1. The smallest absolute Gasteiger partial charge is 0.262 e. The van der Waals surface area contributed by atoms with Crippen molar-refractivity contribution < 1.29 is 9.53 Å². The Morgan fingerprint density at radius 2 is 1.94 bits per heavy atom. The third-order valence-electron chi connectivity index (χ3n) is 4.68. The van der Waals surface area contributed by atoms with E-state index in [1.165, 1.54) is 11.8 Å². The summed E-state index contributed by atoms with van der Waals surface area (Å²) in [5.41, 5.74) is 1.19. The van der Waals surface area contributed by atoms with E-state index in [1.807, 2.05) is 26.0 Å². The predicted molar refractivity (Wildman–Crippen MR) is 123 cm³/mol. The first kappa shape index (κ1) is 22.4. The van der Waals surface area contributed by atoms with Gasteiger partial charge in [0.15, 0.2) is 5.16 Å². The van der Waals surface area contributed by atoms with Crippen LogP contribution in [-0.4, -0.2) is 34.4 Å². The van der Waals surface area contributed by atoms with Crippen LogP contribution in [0.2, 0.25) is 0 Å². The van der Waals surface area contributed by atoms with Gasteiger partial charge in [-0.15, -0.1) is 0 Å². The Bertz CT molecular complexity index is 1150. The van der Waals surface area contributed by atoms with Gasteiger partial charge in [-0.1, -0.05) is 23.9 Å². The van der Waals surface area contributed by atoms with Gasteiger partial charge in [0.2, 0.25) is 5.91 Å². The number of ether oxygens (including phenoxy) is 1. The molecule has 0 spiro atoms. The molecule has 0 radical (unpaired) electrons. The molecule has 0 unspecified atom stereocenters. The van der Waals surface area contributed by atoms with Crippen molar-refractivity contribution in [1.29, 1.82) is 5.26 Å². The number of para-hydroxylation sites is 1. The van der Waals surface area contributed by atoms with E-state index in [4.69, 9.17) is 10.00 Å². The van der Waals surface area contributed by atoms with Crippen molar-refractivity contribution in [1.82, 2.24) is 9.55 Å². The summed E-state index contributed by atoms with van der Waals surface area (Å²) >= 11 is 1.23. The molecule has 31 heavy (non-hydrogen) atoms. The molecule has 2 aromatic carbocycles. The number of carbonyl (C=O) groups excluding carboxylic acids is 1. The van der Waals surface area contributed by atoms with Gasteiger partial charge in [-0.3, -0.25) is 14.2 Å². The first-order valence-electron chi connectivity index (χ1n) is 10.1. The number of nitrogens with zero attached hydrogens (tertiary/aromatic N) is 4. The molecule has 0 aliphatic rings. The quantitative estimate of drug-likeness (QED) is 0.374. The SMILES string of the molecule is CCOc1ccc(N(CCC#N)C(=O)CSc2nc3ccccc3c(=O)n2CC)cc1. The average Bonchev–Trinajstić information content (AvgIpc) is 2.79.